The first-order chi connectivity index (χ1) is 9.20. The second-order valence-electron chi connectivity index (χ2n) is 3.39. The van der Waals surface area contributed by atoms with E-state index in [0.717, 1.165) is 0 Å². The van der Waals surface area contributed by atoms with Crippen molar-refractivity contribution in [2.75, 3.05) is 13.2 Å². The molecule has 1 heterocycles. The van der Waals surface area contributed by atoms with Gasteiger partial charge in [0.05, 0.1) is 18.8 Å². The fourth-order valence-electron chi connectivity index (χ4n) is 1.20. The topological polar surface area (TPSA) is 40.6 Å². The first kappa shape index (κ1) is 17.3. The fourth-order valence-corrected chi connectivity index (χ4v) is 3.20. The van der Waals surface area contributed by atoms with Gasteiger partial charge in [0.25, 0.3) is 0 Å². The van der Waals surface area contributed by atoms with Crippen LogP contribution in [0.25, 0.3) is 0 Å². The van der Waals surface area contributed by atoms with Crippen molar-refractivity contribution in [3.05, 3.63) is 23.6 Å². The summed E-state index contributed by atoms with van der Waals surface area (Å²) >= 11 is 4.96. The van der Waals surface area contributed by atoms with Gasteiger partial charge in [0, 0.05) is 23.9 Å². The van der Waals surface area contributed by atoms with Gasteiger partial charge in [-0.05, 0) is 13.8 Å². The van der Waals surface area contributed by atoms with Crippen molar-refractivity contribution < 1.29 is 31.1 Å². The van der Waals surface area contributed by atoms with Gasteiger partial charge in [0.2, 0.25) is 11.8 Å². The van der Waals surface area contributed by atoms with Crippen LogP contribution in [0.2, 0.25) is 0 Å². The van der Waals surface area contributed by atoms with Crippen molar-refractivity contribution in [3.8, 4) is 5.88 Å². The predicted octanol–water partition coefficient (Wildman–Crippen LogP) is 3.92. The number of aromatic nitrogens is 1. The maximum absolute atomic E-state index is 13.1. The minimum Gasteiger partial charge on any atom is -0.406 e. The SMILES string of the molecule is CCOP(=S)(OCC)Oc1cc(C(F)(F)F)cc(F)n1. The van der Waals surface area contributed by atoms with Gasteiger partial charge in [-0.25, -0.2) is 0 Å². The van der Waals surface area contributed by atoms with Gasteiger partial charge in [-0.15, -0.1) is 0 Å². The Morgan fingerprint density at radius 3 is 2.20 bits per heavy atom. The zero-order valence-electron chi connectivity index (χ0n) is 10.6. The van der Waals surface area contributed by atoms with E-state index in [1.165, 1.54) is 0 Å². The van der Waals surface area contributed by atoms with Crippen LogP contribution >= 0.6 is 6.72 Å². The van der Waals surface area contributed by atoms with Crippen LogP contribution in [-0.4, -0.2) is 18.2 Å². The number of pyridine rings is 1. The van der Waals surface area contributed by atoms with E-state index in [0.29, 0.717) is 6.07 Å². The molecular weight excluding hydrogens is 321 g/mol. The molecule has 0 fully saturated rings. The third-order valence-corrected chi connectivity index (χ3v) is 4.29. The Kier molecular flexibility index (Phi) is 5.88. The maximum Gasteiger partial charge on any atom is 0.416 e. The molecule has 114 valence electrons. The van der Waals surface area contributed by atoms with Gasteiger partial charge in [0.15, 0.2) is 0 Å². The molecule has 0 aliphatic rings. The Balaban J connectivity index is 3.07. The first-order valence-electron chi connectivity index (χ1n) is 5.53. The summed E-state index contributed by atoms with van der Waals surface area (Å²) in [6, 6.07) is 0.805. The number of alkyl halides is 3. The van der Waals surface area contributed by atoms with Gasteiger partial charge in [0.1, 0.15) is 0 Å². The number of halogens is 4. The normalized spacial score (nSPS) is 12.5. The van der Waals surface area contributed by atoms with Crippen LogP contribution in [0.4, 0.5) is 17.6 Å². The van der Waals surface area contributed by atoms with E-state index >= 15 is 0 Å². The molecule has 20 heavy (non-hydrogen) atoms. The summed E-state index contributed by atoms with van der Waals surface area (Å²) in [4.78, 5) is 3.21. The zero-order chi connectivity index (χ0) is 15.4. The first-order valence-corrected chi connectivity index (χ1v) is 8.09. The summed E-state index contributed by atoms with van der Waals surface area (Å²) in [7, 11) is 0. The summed E-state index contributed by atoms with van der Waals surface area (Å²) in [5.74, 6) is -1.95. The molecule has 0 aliphatic carbocycles. The Hall–Kier alpha value is -0.760. The molecule has 0 radical (unpaired) electrons. The maximum atomic E-state index is 13.1. The highest BCUT2D eigenvalue weighted by Gasteiger charge is 2.33. The summed E-state index contributed by atoms with van der Waals surface area (Å²) < 4.78 is 65.9. The molecule has 4 nitrogen and oxygen atoms in total. The van der Waals surface area contributed by atoms with Crippen molar-refractivity contribution >= 4 is 18.5 Å². The largest absolute Gasteiger partial charge is 0.416 e. The molecule has 1 aromatic heterocycles. The Labute approximate surface area is 118 Å². The van der Waals surface area contributed by atoms with Crippen LogP contribution in [0.1, 0.15) is 19.4 Å². The molecule has 0 atom stereocenters. The van der Waals surface area contributed by atoms with Gasteiger partial charge in [-0.3, -0.25) is 9.05 Å². The number of hydrogen-bond acceptors (Lipinski definition) is 5. The van der Waals surface area contributed by atoms with Crippen LogP contribution in [0.15, 0.2) is 12.1 Å². The Morgan fingerprint density at radius 1 is 1.20 bits per heavy atom. The Bertz CT molecular complexity index is 502. The Morgan fingerprint density at radius 2 is 1.75 bits per heavy atom. The third kappa shape index (κ3) is 4.97. The molecule has 0 amide bonds. The molecule has 1 rings (SSSR count). The van der Waals surface area contributed by atoms with E-state index in [2.05, 4.69) is 4.98 Å². The van der Waals surface area contributed by atoms with Crippen LogP contribution in [0, 0.1) is 5.95 Å². The van der Waals surface area contributed by atoms with Gasteiger partial charge < -0.3 is 4.52 Å². The minimum atomic E-state index is -4.72. The highest BCUT2D eigenvalue weighted by Crippen LogP contribution is 2.49. The van der Waals surface area contributed by atoms with E-state index in [9.17, 15) is 17.6 Å². The van der Waals surface area contributed by atoms with Crippen LogP contribution in [-0.2, 0) is 27.0 Å². The lowest BCUT2D eigenvalue weighted by Crippen LogP contribution is -2.08. The highest BCUT2D eigenvalue weighted by atomic mass is 32.5. The van der Waals surface area contributed by atoms with Crippen molar-refractivity contribution in [1.29, 1.82) is 0 Å². The standard InChI is InChI=1S/C10H12F4NO3PS/c1-3-16-19(20,17-4-2)18-9-6-7(10(12,13)14)5-8(11)15-9/h5-6H,3-4H2,1-2H3. The van der Waals surface area contributed by atoms with Crippen LogP contribution in [0.3, 0.4) is 0 Å². The van der Waals surface area contributed by atoms with Gasteiger partial charge >= 0.3 is 12.9 Å². The second-order valence-corrected chi connectivity index (χ2v) is 6.32. The fraction of sp³-hybridized carbons (Fsp3) is 0.500. The lowest BCUT2D eigenvalue weighted by atomic mass is 10.2. The lowest BCUT2D eigenvalue weighted by Gasteiger charge is -2.20. The van der Waals surface area contributed by atoms with Gasteiger partial charge in [-0.2, -0.15) is 22.5 Å². The number of hydrogen-bond donors (Lipinski definition) is 0. The molecule has 0 N–H and O–H groups in total. The van der Waals surface area contributed by atoms with Crippen LogP contribution < -0.4 is 4.52 Å². The number of rotatable bonds is 6. The molecule has 0 saturated carbocycles. The lowest BCUT2D eigenvalue weighted by molar-refractivity contribution is -0.138. The van der Waals surface area contributed by atoms with Crippen molar-refractivity contribution in [1.82, 2.24) is 4.98 Å². The second kappa shape index (κ2) is 6.80. The highest BCUT2D eigenvalue weighted by molar-refractivity contribution is 8.07. The molecule has 0 saturated heterocycles. The number of nitrogens with zero attached hydrogens (tertiary/aromatic N) is 1. The molecule has 10 heteroatoms. The summed E-state index contributed by atoms with van der Waals surface area (Å²) in [6.07, 6.45) is -4.72. The third-order valence-electron chi connectivity index (χ3n) is 1.88. The smallest absolute Gasteiger partial charge is 0.406 e. The quantitative estimate of drug-likeness (QED) is 0.448. The van der Waals surface area contributed by atoms with E-state index in [-0.39, 0.29) is 19.3 Å². The predicted molar refractivity (Wildman–Crippen MR) is 67.4 cm³/mol. The molecule has 0 unspecified atom stereocenters. The molecule has 0 aliphatic heterocycles. The average Bonchev–Trinajstić information content (AvgIpc) is 2.26. The summed E-state index contributed by atoms with van der Waals surface area (Å²) in [5, 5.41) is 0. The zero-order valence-corrected chi connectivity index (χ0v) is 12.3. The molecule has 0 spiro atoms. The summed E-state index contributed by atoms with van der Waals surface area (Å²) in [6.45, 7) is 0.208. The average molecular weight is 333 g/mol. The van der Waals surface area contributed by atoms with Gasteiger partial charge in [-0.1, -0.05) is 0 Å². The van der Waals surface area contributed by atoms with Crippen LogP contribution in [0.5, 0.6) is 5.88 Å². The van der Waals surface area contributed by atoms with Crippen molar-refractivity contribution in [3.63, 3.8) is 0 Å². The molecule has 0 aromatic carbocycles. The van der Waals surface area contributed by atoms with E-state index in [1.807, 2.05) is 0 Å². The monoisotopic (exact) mass is 333 g/mol. The van der Waals surface area contributed by atoms with Crippen molar-refractivity contribution in [2.24, 2.45) is 0 Å². The minimum absolute atomic E-state index is 0.138. The van der Waals surface area contributed by atoms with Crippen molar-refractivity contribution in [2.45, 2.75) is 20.0 Å². The summed E-state index contributed by atoms with van der Waals surface area (Å²) in [5.41, 5.74) is -1.23. The molecule has 0 bridgehead atoms. The van der Waals surface area contributed by atoms with E-state index in [1.54, 1.807) is 13.8 Å². The van der Waals surface area contributed by atoms with E-state index in [4.69, 9.17) is 25.4 Å². The molecule has 1 aromatic rings. The molecular formula is C10H12F4NO3PS. The van der Waals surface area contributed by atoms with E-state index < -0.39 is 30.3 Å².